The number of likely N-dealkylation sites (tertiary alicyclic amines) is 1. The number of piperidine rings is 1. The SMILES string of the molecule is CO[C@]12CCCC[C@@]1(OC)CN(C(=O)Nc1cc(C)nn1C)CC2. The minimum atomic E-state index is -0.419. The maximum Gasteiger partial charge on any atom is 0.323 e. The zero-order chi connectivity index (χ0) is 17.4. The van der Waals surface area contributed by atoms with Crippen molar-refractivity contribution in [2.45, 2.75) is 50.2 Å². The molecular weight excluding hydrogens is 308 g/mol. The Kier molecular flexibility index (Phi) is 4.57. The summed E-state index contributed by atoms with van der Waals surface area (Å²) in [7, 11) is 5.34. The molecule has 1 aliphatic carbocycles. The van der Waals surface area contributed by atoms with Gasteiger partial charge in [-0.1, -0.05) is 12.8 Å². The minimum absolute atomic E-state index is 0.107. The van der Waals surface area contributed by atoms with Crippen molar-refractivity contribution in [3.63, 3.8) is 0 Å². The second-order valence-corrected chi connectivity index (χ2v) is 7.00. The van der Waals surface area contributed by atoms with E-state index in [4.69, 9.17) is 9.47 Å². The first-order valence-corrected chi connectivity index (χ1v) is 8.62. The Hall–Kier alpha value is -1.60. The number of methoxy groups -OCH3 is 2. The van der Waals surface area contributed by atoms with Crippen molar-refractivity contribution in [3.05, 3.63) is 11.8 Å². The molecular formula is C17H28N4O3. The number of urea groups is 1. The lowest BCUT2D eigenvalue weighted by molar-refractivity contribution is -0.229. The number of fused-ring (bicyclic) bond motifs is 1. The van der Waals surface area contributed by atoms with Crippen molar-refractivity contribution >= 4 is 11.8 Å². The van der Waals surface area contributed by atoms with Crippen LogP contribution in [-0.4, -0.2) is 59.2 Å². The Morgan fingerprint density at radius 2 is 1.88 bits per heavy atom. The van der Waals surface area contributed by atoms with E-state index in [0.29, 0.717) is 18.9 Å². The predicted molar refractivity (Wildman–Crippen MR) is 91.1 cm³/mol. The molecule has 0 spiro atoms. The van der Waals surface area contributed by atoms with Gasteiger partial charge in [0.15, 0.2) is 0 Å². The summed E-state index contributed by atoms with van der Waals surface area (Å²) in [6, 6.07) is 1.76. The summed E-state index contributed by atoms with van der Waals surface area (Å²) >= 11 is 0. The van der Waals surface area contributed by atoms with E-state index in [0.717, 1.165) is 37.8 Å². The fraction of sp³-hybridized carbons (Fsp3) is 0.765. The minimum Gasteiger partial charge on any atom is -0.375 e. The molecule has 2 aliphatic rings. The van der Waals surface area contributed by atoms with Crippen LogP contribution in [0.4, 0.5) is 10.6 Å². The van der Waals surface area contributed by atoms with Crippen LogP contribution in [0.25, 0.3) is 0 Å². The van der Waals surface area contributed by atoms with Crippen LogP contribution in [0.5, 0.6) is 0 Å². The van der Waals surface area contributed by atoms with Crippen LogP contribution in [0, 0.1) is 6.92 Å². The standard InChI is InChI=1S/C17H28N4O3/c1-13-11-14(20(2)19-13)18-15(22)21-10-9-16(23-3)7-5-6-8-17(16,12-21)24-4/h11H,5-10,12H2,1-4H3,(H,18,22)/t16-,17+/m0/s1. The third kappa shape index (κ3) is 2.69. The number of aromatic nitrogens is 2. The van der Waals surface area contributed by atoms with Crippen molar-refractivity contribution in [2.75, 3.05) is 32.6 Å². The quantitative estimate of drug-likeness (QED) is 0.920. The molecule has 0 unspecified atom stereocenters. The Balaban J connectivity index is 1.76. The normalized spacial score (nSPS) is 30.1. The van der Waals surface area contributed by atoms with Crippen molar-refractivity contribution in [2.24, 2.45) is 7.05 Å². The van der Waals surface area contributed by atoms with Crippen molar-refractivity contribution in [3.8, 4) is 0 Å². The molecule has 1 aromatic heterocycles. The monoisotopic (exact) mass is 336 g/mol. The zero-order valence-corrected chi connectivity index (χ0v) is 15.1. The molecule has 24 heavy (non-hydrogen) atoms. The molecule has 1 N–H and O–H groups in total. The van der Waals surface area contributed by atoms with Crippen molar-refractivity contribution in [1.29, 1.82) is 0 Å². The van der Waals surface area contributed by atoms with Crippen molar-refractivity contribution < 1.29 is 14.3 Å². The van der Waals surface area contributed by atoms with Gasteiger partial charge in [0.25, 0.3) is 0 Å². The predicted octanol–water partition coefficient (Wildman–Crippen LogP) is 2.31. The fourth-order valence-electron chi connectivity index (χ4n) is 4.39. The van der Waals surface area contributed by atoms with Crippen LogP contribution >= 0.6 is 0 Å². The van der Waals surface area contributed by atoms with E-state index in [1.807, 2.05) is 24.9 Å². The maximum absolute atomic E-state index is 12.7. The number of anilines is 1. The summed E-state index contributed by atoms with van der Waals surface area (Å²) in [4.78, 5) is 14.6. The van der Waals surface area contributed by atoms with Gasteiger partial charge in [-0.3, -0.25) is 10.00 Å². The van der Waals surface area contributed by atoms with Gasteiger partial charge in [-0.2, -0.15) is 5.10 Å². The van der Waals surface area contributed by atoms with Gasteiger partial charge in [-0.05, 0) is 26.2 Å². The van der Waals surface area contributed by atoms with Gasteiger partial charge >= 0.3 is 6.03 Å². The van der Waals surface area contributed by atoms with Gasteiger partial charge < -0.3 is 14.4 Å². The molecule has 134 valence electrons. The lowest BCUT2D eigenvalue weighted by Crippen LogP contribution is -2.68. The second kappa shape index (κ2) is 6.37. The number of carbonyl (C=O) groups excluding carboxylic acids is 1. The lowest BCUT2D eigenvalue weighted by Gasteiger charge is -2.56. The number of aryl methyl sites for hydroxylation is 2. The number of rotatable bonds is 3. The molecule has 1 saturated carbocycles. The number of nitrogens with one attached hydrogen (secondary N) is 1. The number of carbonyl (C=O) groups is 1. The molecule has 2 fully saturated rings. The highest BCUT2D eigenvalue weighted by molar-refractivity contribution is 5.88. The summed E-state index contributed by atoms with van der Waals surface area (Å²) in [6.07, 6.45) is 4.98. The Bertz CT molecular complexity index is 617. The number of hydrogen-bond donors (Lipinski definition) is 1. The fourth-order valence-corrected chi connectivity index (χ4v) is 4.39. The first-order chi connectivity index (χ1) is 11.5. The summed E-state index contributed by atoms with van der Waals surface area (Å²) < 4.78 is 13.6. The van der Waals surface area contributed by atoms with Crippen LogP contribution in [0.2, 0.25) is 0 Å². The molecule has 0 bridgehead atoms. The van der Waals surface area contributed by atoms with E-state index in [1.54, 1.807) is 18.9 Å². The summed E-state index contributed by atoms with van der Waals surface area (Å²) in [5.74, 6) is 0.705. The average molecular weight is 336 g/mol. The summed E-state index contributed by atoms with van der Waals surface area (Å²) in [5, 5.41) is 7.23. The largest absolute Gasteiger partial charge is 0.375 e. The first-order valence-electron chi connectivity index (χ1n) is 8.62. The Labute approximate surface area is 143 Å². The summed E-state index contributed by atoms with van der Waals surface area (Å²) in [6.45, 7) is 3.13. The molecule has 1 aliphatic heterocycles. The molecule has 7 nitrogen and oxygen atoms in total. The average Bonchev–Trinajstić information content (AvgIpc) is 2.91. The second-order valence-electron chi connectivity index (χ2n) is 7.00. The van der Waals surface area contributed by atoms with Gasteiger partial charge in [-0.15, -0.1) is 0 Å². The third-order valence-corrected chi connectivity index (χ3v) is 5.78. The highest BCUT2D eigenvalue weighted by Gasteiger charge is 2.57. The molecule has 2 amide bonds. The zero-order valence-electron chi connectivity index (χ0n) is 15.1. The molecule has 7 heteroatoms. The van der Waals surface area contributed by atoms with Gasteiger partial charge in [0, 0.05) is 33.9 Å². The van der Waals surface area contributed by atoms with Crippen LogP contribution in [0.15, 0.2) is 6.07 Å². The van der Waals surface area contributed by atoms with E-state index in [2.05, 4.69) is 10.4 Å². The Morgan fingerprint density at radius 3 is 2.46 bits per heavy atom. The number of hydrogen-bond acceptors (Lipinski definition) is 4. The highest BCUT2D eigenvalue weighted by atomic mass is 16.6. The number of nitrogens with zero attached hydrogens (tertiary/aromatic N) is 3. The molecule has 0 radical (unpaired) electrons. The third-order valence-electron chi connectivity index (χ3n) is 5.78. The van der Waals surface area contributed by atoms with Crippen molar-refractivity contribution in [1.82, 2.24) is 14.7 Å². The number of amides is 2. The van der Waals surface area contributed by atoms with Gasteiger partial charge in [-0.25, -0.2) is 4.79 Å². The smallest absolute Gasteiger partial charge is 0.323 e. The van der Waals surface area contributed by atoms with Gasteiger partial charge in [0.2, 0.25) is 0 Å². The molecule has 3 rings (SSSR count). The molecule has 2 heterocycles. The summed E-state index contributed by atoms with van der Waals surface area (Å²) in [5.41, 5.74) is 0.184. The van der Waals surface area contributed by atoms with Crippen LogP contribution in [0.1, 0.15) is 37.8 Å². The van der Waals surface area contributed by atoms with Gasteiger partial charge in [0.1, 0.15) is 17.0 Å². The van der Waals surface area contributed by atoms with E-state index >= 15 is 0 Å². The van der Waals surface area contributed by atoms with Gasteiger partial charge in [0.05, 0.1) is 12.2 Å². The molecule has 1 aromatic rings. The molecule has 2 atom stereocenters. The van der Waals surface area contributed by atoms with Crippen LogP contribution < -0.4 is 5.32 Å². The first kappa shape index (κ1) is 17.2. The van der Waals surface area contributed by atoms with Crippen LogP contribution in [-0.2, 0) is 16.5 Å². The van der Waals surface area contributed by atoms with Crippen LogP contribution in [0.3, 0.4) is 0 Å². The molecule has 1 saturated heterocycles. The topological polar surface area (TPSA) is 68.6 Å². The van der Waals surface area contributed by atoms with E-state index in [1.165, 1.54) is 0 Å². The van der Waals surface area contributed by atoms with E-state index < -0.39 is 5.60 Å². The maximum atomic E-state index is 12.7. The van der Waals surface area contributed by atoms with E-state index in [-0.39, 0.29) is 11.6 Å². The number of ether oxygens (including phenoxy) is 2. The Morgan fingerprint density at radius 1 is 1.21 bits per heavy atom. The highest BCUT2D eigenvalue weighted by Crippen LogP contribution is 2.47. The lowest BCUT2D eigenvalue weighted by atomic mass is 9.67. The molecule has 0 aromatic carbocycles. The van der Waals surface area contributed by atoms with E-state index in [9.17, 15) is 4.79 Å².